The van der Waals surface area contributed by atoms with E-state index in [-0.39, 0.29) is 5.95 Å². The molecule has 19 heavy (non-hydrogen) atoms. The molecule has 0 aliphatic heterocycles. The predicted molar refractivity (Wildman–Crippen MR) is 74.6 cm³/mol. The van der Waals surface area contributed by atoms with Crippen molar-refractivity contribution in [1.29, 1.82) is 0 Å². The van der Waals surface area contributed by atoms with Gasteiger partial charge in [-0.2, -0.15) is 9.97 Å². The van der Waals surface area contributed by atoms with E-state index in [2.05, 4.69) is 51.2 Å². The smallest absolute Gasteiger partial charge is 0.224 e. The van der Waals surface area contributed by atoms with Gasteiger partial charge in [0.15, 0.2) is 11.5 Å². The van der Waals surface area contributed by atoms with Crippen molar-refractivity contribution in [3.05, 3.63) is 23.0 Å². The third kappa shape index (κ3) is 2.36. The van der Waals surface area contributed by atoms with Crippen molar-refractivity contribution in [2.45, 2.75) is 6.42 Å². The van der Waals surface area contributed by atoms with Gasteiger partial charge in [-0.3, -0.25) is 0 Å². The lowest BCUT2D eigenvalue weighted by atomic mass is 10.3. The molecule has 9 heteroatoms. The predicted octanol–water partition coefficient (Wildman–Crippen LogP) is 1.08. The van der Waals surface area contributed by atoms with Crippen molar-refractivity contribution in [1.82, 2.24) is 29.9 Å². The van der Waals surface area contributed by atoms with Crippen molar-refractivity contribution in [3.63, 3.8) is 0 Å². The third-order valence-corrected chi connectivity index (χ3v) is 3.32. The lowest BCUT2D eigenvalue weighted by molar-refractivity contribution is 0.962. The molecule has 0 fully saturated rings. The molecule has 5 N–H and O–H groups in total. The summed E-state index contributed by atoms with van der Waals surface area (Å²) in [5.41, 5.74) is 7.96. The number of nitrogens with one attached hydrogen (secondary N) is 3. The summed E-state index contributed by atoms with van der Waals surface area (Å²) in [4.78, 5) is 22.4. The molecule has 0 amide bonds. The lowest BCUT2D eigenvalue weighted by Gasteiger charge is -2.06. The van der Waals surface area contributed by atoms with E-state index in [1.807, 2.05) is 0 Å². The van der Waals surface area contributed by atoms with Crippen LogP contribution < -0.4 is 11.1 Å². The number of imidazole rings is 2. The first-order valence-electron chi connectivity index (χ1n) is 5.62. The summed E-state index contributed by atoms with van der Waals surface area (Å²) in [6.07, 6.45) is 3.99. The van der Waals surface area contributed by atoms with Gasteiger partial charge in [0.05, 0.1) is 18.3 Å². The van der Waals surface area contributed by atoms with Crippen LogP contribution >= 0.6 is 15.9 Å². The Hall–Kier alpha value is -2.16. The number of nitrogens with zero attached hydrogens (tertiary/aromatic N) is 4. The van der Waals surface area contributed by atoms with Gasteiger partial charge in [0.2, 0.25) is 5.95 Å². The number of hydrogen-bond donors (Lipinski definition) is 4. The van der Waals surface area contributed by atoms with Crippen LogP contribution in [0, 0.1) is 0 Å². The van der Waals surface area contributed by atoms with Crippen LogP contribution in [0.25, 0.3) is 11.2 Å². The summed E-state index contributed by atoms with van der Waals surface area (Å²) in [6, 6.07) is 0. The molecule has 8 nitrogen and oxygen atoms in total. The maximum atomic E-state index is 5.63. The zero-order valence-corrected chi connectivity index (χ0v) is 11.4. The van der Waals surface area contributed by atoms with E-state index in [0.29, 0.717) is 18.0 Å². The number of rotatable bonds is 4. The summed E-state index contributed by atoms with van der Waals surface area (Å²) in [5.74, 6) is 0.848. The van der Waals surface area contributed by atoms with E-state index in [4.69, 9.17) is 5.73 Å². The molecular weight excluding hydrogens is 312 g/mol. The van der Waals surface area contributed by atoms with Gasteiger partial charge in [-0.05, 0) is 15.9 Å². The molecule has 0 saturated heterocycles. The Morgan fingerprint density at radius 2 is 2.05 bits per heavy atom. The number of aromatic nitrogens is 6. The number of nitrogens with two attached hydrogens (primary N) is 1. The average Bonchev–Trinajstić information content (AvgIpc) is 2.98. The van der Waals surface area contributed by atoms with Crippen molar-refractivity contribution in [2.24, 2.45) is 0 Å². The molecule has 0 aliphatic rings. The number of fused-ring (bicyclic) bond motifs is 1. The Bertz CT molecular complexity index is 702. The Morgan fingerprint density at radius 3 is 2.84 bits per heavy atom. The Balaban J connectivity index is 1.75. The minimum atomic E-state index is 0.199. The van der Waals surface area contributed by atoms with Crippen molar-refractivity contribution in [2.75, 3.05) is 17.6 Å². The summed E-state index contributed by atoms with van der Waals surface area (Å²) in [5, 5.41) is 3.21. The molecule has 0 bridgehead atoms. The summed E-state index contributed by atoms with van der Waals surface area (Å²) >= 11 is 3.37. The molecule has 0 unspecified atom stereocenters. The number of H-pyrrole nitrogens is 2. The van der Waals surface area contributed by atoms with Gasteiger partial charge in [0, 0.05) is 13.0 Å². The molecular formula is C10H11BrN8. The summed E-state index contributed by atoms with van der Waals surface area (Å²) in [7, 11) is 0. The second-order valence-electron chi connectivity index (χ2n) is 3.88. The normalized spacial score (nSPS) is 11.0. The molecule has 0 aliphatic carbocycles. The first kappa shape index (κ1) is 11.9. The van der Waals surface area contributed by atoms with Crippen molar-refractivity contribution in [3.8, 4) is 0 Å². The molecule has 0 atom stereocenters. The first-order chi connectivity index (χ1) is 9.24. The largest absolute Gasteiger partial charge is 0.368 e. The maximum Gasteiger partial charge on any atom is 0.224 e. The van der Waals surface area contributed by atoms with Crippen LogP contribution in [0.15, 0.2) is 17.3 Å². The van der Waals surface area contributed by atoms with E-state index < -0.39 is 0 Å². The Labute approximate surface area is 116 Å². The summed E-state index contributed by atoms with van der Waals surface area (Å²) in [6.45, 7) is 0.686. The van der Waals surface area contributed by atoms with Gasteiger partial charge in [0.25, 0.3) is 0 Å². The molecule has 0 aromatic carbocycles. The highest BCUT2D eigenvalue weighted by molar-refractivity contribution is 9.10. The topological polar surface area (TPSA) is 121 Å². The van der Waals surface area contributed by atoms with E-state index in [1.54, 1.807) is 12.7 Å². The number of hydrogen-bond acceptors (Lipinski definition) is 6. The molecule has 0 radical (unpaired) electrons. The summed E-state index contributed by atoms with van der Waals surface area (Å²) < 4.78 is 0.822. The fourth-order valence-electron chi connectivity index (χ4n) is 1.76. The van der Waals surface area contributed by atoms with Crippen LogP contribution in [0.5, 0.6) is 0 Å². The Kier molecular flexibility index (Phi) is 3.03. The molecule has 3 aromatic rings. The molecule has 98 valence electrons. The van der Waals surface area contributed by atoms with Crippen LogP contribution in [-0.4, -0.2) is 36.4 Å². The standard InChI is InChI=1S/C10H11BrN8/c11-7-5(14-3-16-7)1-2-13-8-6-9(17-4-15-6)19-10(12)18-8/h3-4H,1-2H2,(H,14,16)(H4,12,13,15,17,18,19). The highest BCUT2D eigenvalue weighted by Gasteiger charge is 2.08. The first-order valence-corrected chi connectivity index (χ1v) is 6.41. The monoisotopic (exact) mass is 322 g/mol. The van der Waals surface area contributed by atoms with Gasteiger partial charge in [-0.25, -0.2) is 9.97 Å². The van der Waals surface area contributed by atoms with E-state index >= 15 is 0 Å². The molecule has 0 saturated carbocycles. The highest BCUT2D eigenvalue weighted by atomic mass is 79.9. The lowest BCUT2D eigenvalue weighted by Crippen LogP contribution is -2.09. The van der Waals surface area contributed by atoms with Gasteiger partial charge < -0.3 is 21.0 Å². The van der Waals surface area contributed by atoms with Gasteiger partial charge in [-0.15, -0.1) is 0 Å². The second kappa shape index (κ2) is 4.84. The van der Waals surface area contributed by atoms with Gasteiger partial charge in [-0.1, -0.05) is 0 Å². The quantitative estimate of drug-likeness (QED) is 0.570. The number of nitrogen functional groups attached to an aromatic ring is 1. The fourth-order valence-corrected chi connectivity index (χ4v) is 2.18. The highest BCUT2D eigenvalue weighted by Crippen LogP contribution is 2.17. The number of anilines is 2. The van der Waals surface area contributed by atoms with Crippen LogP contribution in [-0.2, 0) is 6.42 Å². The number of aromatic amines is 2. The fraction of sp³-hybridized carbons (Fsp3) is 0.200. The van der Waals surface area contributed by atoms with Crippen molar-refractivity contribution >= 4 is 38.9 Å². The van der Waals surface area contributed by atoms with Crippen LogP contribution in [0.3, 0.4) is 0 Å². The van der Waals surface area contributed by atoms with Crippen LogP contribution in [0.2, 0.25) is 0 Å². The molecule has 3 rings (SSSR count). The number of halogens is 1. The van der Waals surface area contributed by atoms with Gasteiger partial charge in [0.1, 0.15) is 10.1 Å². The minimum absolute atomic E-state index is 0.199. The van der Waals surface area contributed by atoms with Gasteiger partial charge >= 0.3 is 0 Å². The zero-order chi connectivity index (χ0) is 13.2. The molecule has 3 aromatic heterocycles. The SMILES string of the molecule is Nc1nc(NCCc2[nH]cnc2Br)c2[nH]cnc2n1. The zero-order valence-electron chi connectivity index (χ0n) is 9.81. The van der Waals surface area contributed by atoms with Crippen LogP contribution in [0.1, 0.15) is 5.69 Å². The van der Waals surface area contributed by atoms with E-state index in [1.165, 1.54) is 0 Å². The third-order valence-electron chi connectivity index (χ3n) is 2.64. The van der Waals surface area contributed by atoms with E-state index in [0.717, 1.165) is 22.2 Å². The second-order valence-corrected chi connectivity index (χ2v) is 4.63. The average molecular weight is 323 g/mol. The minimum Gasteiger partial charge on any atom is -0.368 e. The van der Waals surface area contributed by atoms with Crippen LogP contribution in [0.4, 0.5) is 11.8 Å². The molecule has 0 spiro atoms. The maximum absolute atomic E-state index is 5.63. The molecule has 3 heterocycles. The Morgan fingerprint density at radius 1 is 1.21 bits per heavy atom. The van der Waals surface area contributed by atoms with Crippen molar-refractivity contribution < 1.29 is 0 Å². The van der Waals surface area contributed by atoms with E-state index in [9.17, 15) is 0 Å².